The molecule has 1 aromatic heterocycles. The lowest BCUT2D eigenvalue weighted by Crippen LogP contribution is -2.03. The minimum Gasteiger partial charge on any atom is -0.493 e. The Morgan fingerprint density at radius 3 is 2.23 bits per heavy atom. The Morgan fingerprint density at radius 1 is 0.923 bits per heavy atom. The van der Waals surface area contributed by atoms with Crippen molar-refractivity contribution >= 4 is 23.3 Å². The summed E-state index contributed by atoms with van der Waals surface area (Å²) in [6.45, 7) is 3.75. The molecule has 0 unspecified atom stereocenters. The first-order chi connectivity index (χ1) is 12.4. The number of hydrogen-bond donors (Lipinski definition) is 2. The number of benzene rings is 1. The van der Waals surface area contributed by atoms with E-state index in [1.807, 2.05) is 0 Å². The molecule has 0 bridgehead atoms. The van der Waals surface area contributed by atoms with E-state index in [2.05, 4.69) is 36.3 Å². The van der Waals surface area contributed by atoms with Crippen LogP contribution in [0.1, 0.15) is 76.7 Å². The van der Waals surface area contributed by atoms with Crippen molar-refractivity contribution in [2.75, 3.05) is 13.2 Å². The Hall–Kier alpha value is -1.19. The quantitative estimate of drug-likeness (QED) is 0.373. The van der Waals surface area contributed by atoms with Gasteiger partial charge in [-0.1, -0.05) is 70.8 Å². The summed E-state index contributed by atoms with van der Waals surface area (Å²) in [5, 5.41) is 1.21. The monoisotopic (exact) mass is 380 g/mol. The van der Waals surface area contributed by atoms with Crippen molar-refractivity contribution < 1.29 is 4.74 Å². The lowest BCUT2D eigenvalue weighted by Gasteiger charge is -2.09. The maximum Gasteiger partial charge on any atom is 0.128 e. The molecule has 3 nitrogen and oxygen atoms in total. The molecule has 0 aliphatic heterocycles. The maximum atomic E-state index is 6.08. The van der Waals surface area contributed by atoms with Crippen LogP contribution in [0.3, 0.4) is 0 Å². The van der Waals surface area contributed by atoms with Crippen LogP contribution in [0, 0.1) is 0 Å². The van der Waals surface area contributed by atoms with E-state index in [9.17, 15) is 0 Å². The number of H-pyrrole nitrogens is 1. The lowest BCUT2D eigenvalue weighted by atomic mass is 10.1. The molecule has 0 amide bonds. The summed E-state index contributed by atoms with van der Waals surface area (Å²) in [7, 11) is 0. The van der Waals surface area contributed by atoms with E-state index in [0.717, 1.165) is 30.7 Å². The van der Waals surface area contributed by atoms with Gasteiger partial charge in [-0.15, -0.1) is 12.4 Å². The number of fused-ring (bicyclic) bond motifs is 1. The lowest BCUT2D eigenvalue weighted by molar-refractivity contribution is 0.307. The summed E-state index contributed by atoms with van der Waals surface area (Å²) in [5.41, 5.74) is 8.12. The van der Waals surface area contributed by atoms with E-state index in [1.165, 1.54) is 68.7 Å². The number of aromatic amines is 1. The van der Waals surface area contributed by atoms with Crippen molar-refractivity contribution in [1.29, 1.82) is 0 Å². The highest BCUT2D eigenvalue weighted by molar-refractivity contribution is 5.89. The molecule has 0 radical (unpaired) electrons. The van der Waals surface area contributed by atoms with E-state index in [-0.39, 0.29) is 12.4 Å². The second-order valence-corrected chi connectivity index (χ2v) is 7.06. The van der Waals surface area contributed by atoms with Crippen LogP contribution < -0.4 is 10.5 Å². The van der Waals surface area contributed by atoms with E-state index >= 15 is 0 Å². The molecule has 4 heteroatoms. The number of nitrogens with two attached hydrogens (primary N) is 1. The summed E-state index contributed by atoms with van der Waals surface area (Å²) >= 11 is 0. The molecule has 0 aliphatic rings. The average Bonchev–Trinajstić information content (AvgIpc) is 3.04. The van der Waals surface area contributed by atoms with Gasteiger partial charge in [0, 0.05) is 17.1 Å². The molecule has 0 saturated heterocycles. The number of ether oxygens (including phenoxy) is 1. The first-order valence-electron chi connectivity index (χ1n) is 10.3. The first kappa shape index (κ1) is 22.9. The Morgan fingerprint density at radius 2 is 1.58 bits per heavy atom. The Bertz CT molecular complexity index is 597. The van der Waals surface area contributed by atoms with Crippen LogP contribution in [-0.2, 0) is 6.42 Å². The summed E-state index contributed by atoms with van der Waals surface area (Å²) < 4.78 is 6.08. The van der Waals surface area contributed by atoms with Crippen LogP contribution in [0.4, 0.5) is 0 Å². The molecule has 3 N–H and O–H groups in total. The van der Waals surface area contributed by atoms with Crippen LogP contribution >= 0.6 is 12.4 Å². The fourth-order valence-corrected chi connectivity index (χ4v) is 3.46. The molecule has 0 saturated carbocycles. The van der Waals surface area contributed by atoms with Gasteiger partial charge in [0.2, 0.25) is 0 Å². The third kappa shape index (κ3) is 7.59. The van der Waals surface area contributed by atoms with E-state index in [4.69, 9.17) is 10.5 Å². The number of halogens is 1. The van der Waals surface area contributed by atoms with Gasteiger partial charge >= 0.3 is 0 Å². The second-order valence-electron chi connectivity index (χ2n) is 7.06. The standard InChI is InChI=1S/C22H36N2O.ClH/c1-2-3-4-5-6-7-8-9-10-11-17-25-21-14-12-13-20-22(21)19(15-16-23)18-24-20;/h12-14,18,24H,2-11,15-17,23H2,1H3;1H. The SMILES string of the molecule is CCCCCCCCCCCCOc1cccc2[nH]cc(CCN)c12.Cl. The summed E-state index contributed by atoms with van der Waals surface area (Å²) in [4.78, 5) is 3.32. The van der Waals surface area contributed by atoms with Crippen molar-refractivity contribution in [3.8, 4) is 5.75 Å². The van der Waals surface area contributed by atoms with Gasteiger partial charge < -0.3 is 15.5 Å². The molecule has 1 heterocycles. The molecular formula is C22H37ClN2O. The topological polar surface area (TPSA) is 51.0 Å². The van der Waals surface area contributed by atoms with Gasteiger partial charge in [-0.05, 0) is 37.1 Å². The Balaban J connectivity index is 0.00000338. The van der Waals surface area contributed by atoms with Gasteiger partial charge in [0.25, 0.3) is 0 Å². The first-order valence-corrected chi connectivity index (χ1v) is 10.3. The zero-order chi connectivity index (χ0) is 17.7. The number of aromatic nitrogens is 1. The predicted octanol–water partition coefficient (Wildman–Crippen LogP) is 6.39. The van der Waals surface area contributed by atoms with Crippen LogP contribution in [0.15, 0.2) is 24.4 Å². The van der Waals surface area contributed by atoms with Crippen LogP contribution in [-0.4, -0.2) is 18.1 Å². The molecule has 148 valence electrons. The smallest absolute Gasteiger partial charge is 0.128 e. The van der Waals surface area contributed by atoms with Crippen molar-refractivity contribution in [3.63, 3.8) is 0 Å². The Kier molecular flexibility index (Phi) is 12.3. The number of nitrogens with one attached hydrogen (secondary N) is 1. The molecule has 26 heavy (non-hydrogen) atoms. The van der Waals surface area contributed by atoms with Crippen LogP contribution in [0.5, 0.6) is 5.75 Å². The Labute approximate surface area is 165 Å². The van der Waals surface area contributed by atoms with Gasteiger partial charge in [0.15, 0.2) is 0 Å². The zero-order valence-corrected chi connectivity index (χ0v) is 17.2. The van der Waals surface area contributed by atoms with E-state index < -0.39 is 0 Å². The van der Waals surface area contributed by atoms with E-state index in [0.29, 0.717) is 6.54 Å². The van der Waals surface area contributed by atoms with Gasteiger partial charge in [-0.2, -0.15) is 0 Å². The number of rotatable bonds is 14. The van der Waals surface area contributed by atoms with Crippen molar-refractivity contribution in [2.24, 2.45) is 5.73 Å². The highest BCUT2D eigenvalue weighted by atomic mass is 35.5. The minimum atomic E-state index is 0. The fourth-order valence-electron chi connectivity index (χ4n) is 3.46. The van der Waals surface area contributed by atoms with Gasteiger partial charge in [-0.25, -0.2) is 0 Å². The molecule has 0 aliphatic carbocycles. The zero-order valence-electron chi connectivity index (χ0n) is 16.4. The van der Waals surface area contributed by atoms with Crippen molar-refractivity contribution in [3.05, 3.63) is 30.0 Å². The number of unbranched alkanes of at least 4 members (excludes halogenated alkanes) is 9. The summed E-state index contributed by atoms with van der Waals surface area (Å²) in [5.74, 6) is 0.998. The maximum absolute atomic E-state index is 6.08. The fraction of sp³-hybridized carbons (Fsp3) is 0.636. The minimum absolute atomic E-state index is 0. The largest absolute Gasteiger partial charge is 0.493 e. The van der Waals surface area contributed by atoms with Crippen LogP contribution in [0.2, 0.25) is 0 Å². The summed E-state index contributed by atoms with van der Waals surface area (Å²) in [6, 6.07) is 6.23. The highest BCUT2D eigenvalue weighted by Crippen LogP contribution is 2.29. The predicted molar refractivity (Wildman–Crippen MR) is 116 cm³/mol. The second kappa shape index (κ2) is 13.9. The average molecular weight is 381 g/mol. The van der Waals surface area contributed by atoms with Gasteiger partial charge in [0.1, 0.15) is 5.75 Å². The molecule has 0 fully saturated rings. The molecule has 2 aromatic rings. The van der Waals surface area contributed by atoms with Crippen LogP contribution in [0.25, 0.3) is 10.9 Å². The molecule has 1 aromatic carbocycles. The number of hydrogen-bond acceptors (Lipinski definition) is 2. The molecule has 2 rings (SSSR count). The van der Waals surface area contributed by atoms with Crippen molar-refractivity contribution in [2.45, 2.75) is 77.6 Å². The molecule has 0 atom stereocenters. The summed E-state index contributed by atoms with van der Waals surface area (Å²) in [6.07, 6.45) is 16.5. The van der Waals surface area contributed by atoms with Crippen molar-refractivity contribution in [1.82, 2.24) is 4.98 Å². The normalized spacial score (nSPS) is 10.8. The highest BCUT2D eigenvalue weighted by Gasteiger charge is 2.08. The molecular weight excluding hydrogens is 344 g/mol. The van der Waals surface area contributed by atoms with Gasteiger partial charge in [-0.3, -0.25) is 0 Å². The van der Waals surface area contributed by atoms with Gasteiger partial charge in [0.05, 0.1) is 6.61 Å². The third-order valence-corrected chi connectivity index (χ3v) is 4.92. The molecule has 0 spiro atoms. The van der Waals surface area contributed by atoms with E-state index in [1.54, 1.807) is 0 Å². The third-order valence-electron chi connectivity index (χ3n) is 4.92.